The second kappa shape index (κ2) is 3.14. The number of hydrogen-bond acceptors (Lipinski definition) is 2. The highest BCUT2D eigenvalue weighted by Gasteiger charge is 1.92. The Morgan fingerprint density at radius 3 is 3.00 bits per heavy atom. The highest BCUT2D eigenvalue weighted by atomic mass is 127. The first-order chi connectivity index (χ1) is 4.74. The predicted molar refractivity (Wildman–Crippen MR) is 46.9 cm³/mol. The third kappa shape index (κ3) is 1.56. The van der Waals surface area contributed by atoms with Gasteiger partial charge in [-0.05, 0) is 29.5 Å². The fourth-order valence-electron chi connectivity index (χ4n) is 0.655. The van der Waals surface area contributed by atoms with E-state index < -0.39 is 0 Å². The molecular formula is C6H7IN2O. The van der Waals surface area contributed by atoms with Crippen LogP contribution in [0.15, 0.2) is 17.2 Å². The fraction of sp³-hybridized carbons (Fsp3) is 0.333. The highest BCUT2D eigenvalue weighted by molar-refractivity contribution is 14.1. The predicted octanol–water partition coefficient (Wildman–Crippen LogP) is 0.868. The van der Waals surface area contributed by atoms with Crippen molar-refractivity contribution >= 4 is 22.6 Å². The van der Waals surface area contributed by atoms with Crippen molar-refractivity contribution in [2.24, 2.45) is 0 Å². The molecule has 0 amide bonds. The molecule has 1 aromatic heterocycles. The summed E-state index contributed by atoms with van der Waals surface area (Å²) in [5.41, 5.74) is -0.178. The second-order valence-corrected chi connectivity index (χ2v) is 3.09. The Labute approximate surface area is 72.2 Å². The van der Waals surface area contributed by atoms with Crippen LogP contribution in [0.3, 0.4) is 0 Å². The highest BCUT2D eigenvalue weighted by Crippen LogP contribution is 1.96. The summed E-state index contributed by atoms with van der Waals surface area (Å²) in [5.74, 6) is 0. The fourth-order valence-corrected chi connectivity index (χ4v) is 1.13. The van der Waals surface area contributed by atoms with Crippen LogP contribution in [0.5, 0.6) is 0 Å². The molecule has 0 radical (unpaired) electrons. The first-order valence-corrected chi connectivity index (χ1v) is 4.04. The Bertz CT molecular complexity index is 281. The van der Waals surface area contributed by atoms with Crippen LogP contribution < -0.4 is 5.69 Å². The minimum absolute atomic E-state index is 0.178. The molecule has 0 saturated carbocycles. The molecule has 0 aromatic carbocycles. The molecule has 1 aromatic rings. The van der Waals surface area contributed by atoms with Gasteiger partial charge in [-0.15, -0.1) is 0 Å². The SMILES string of the molecule is CCn1cc(I)cnc1=O. The molecule has 54 valence electrons. The molecule has 0 saturated heterocycles. The molecule has 0 spiro atoms. The lowest BCUT2D eigenvalue weighted by Gasteiger charge is -1.98. The topological polar surface area (TPSA) is 34.9 Å². The van der Waals surface area contributed by atoms with Crippen molar-refractivity contribution in [3.63, 3.8) is 0 Å². The first kappa shape index (κ1) is 7.71. The second-order valence-electron chi connectivity index (χ2n) is 1.84. The summed E-state index contributed by atoms with van der Waals surface area (Å²) in [5, 5.41) is 0. The molecule has 1 heterocycles. The monoisotopic (exact) mass is 250 g/mol. The van der Waals surface area contributed by atoms with Gasteiger partial charge in [0.25, 0.3) is 0 Å². The zero-order valence-electron chi connectivity index (χ0n) is 5.54. The average Bonchev–Trinajstić information content (AvgIpc) is 1.94. The van der Waals surface area contributed by atoms with Gasteiger partial charge in [0.1, 0.15) is 0 Å². The van der Waals surface area contributed by atoms with Crippen molar-refractivity contribution in [1.29, 1.82) is 0 Å². The Kier molecular flexibility index (Phi) is 2.42. The molecule has 4 heteroatoms. The zero-order chi connectivity index (χ0) is 7.56. The largest absolute Gasteiger partial charge is 0.347 e. The molecule has 0 fully saturated rings. The van der Waals surface area contributed by atoms with Crippen LogP contribution in [0.1, 0.15) is 6.92 Å². The number of aryl methyl sites for hydroxylation is 1. The molecule has 0 atom stereocenters. The van der Waals surface area contributed by atoms with Crippen LogP contribution in [-0.4, -0.2) is 9.55 Å². The van der Waals surface area contributed by atoms with Crippen LogP contribution in [0.4, 0.5) is 0 Å². The number of nitrogens with zero attached hydrogens (tertiary/aromatic N) is 2. The maximum atomic E-state index is 10.9. The van der Waals surface area contributed by atoms with Gasteiger partial charge in [-0.25, -0.2) is 9.78 Å². The molecule has 10 heavy (non-hydrogen) atoms. The van der Waals surface area contributed by atoms with Crippen LogP contribution in [0, 0.1) is 3.57 Å². The van der Waals surface area contributed by atoms with E-state index >= 15 is 0 Å². The van der Waals surface area contributed by atoms with Crippen molar-refractivity contribution in [2.45, 2.75) is 13.5 Å². The van der Waals surface area contributed by atoms with Gasteiger partial charge < -0.3 is 0 Å². The Morgan fingerprint density at radius 1 is 1.80 bits per heavy atom. The molecule has 0 aliphatic rings. The molecule has 0 N–H and O–H groups in total. The van der Waals surface area contributed by atoms with Crippen LogP contribution in [0.2, 0.25) is 0 Å². The van der Waals surface area contributed by atoms with E-state index in [1.807, 2.05) is 6.92 Å². The summed E-state index contributed by atoms with van der Waals surface area (Å²) >= 11 is 2.12. The van der Waals surface area contributed by atoms with Crippen LogP contribution in [-0.2, 0) is 6.54 Å². The molecule has 0 unspecified atom stereocenters. The van der Waals surface area contributed by atoms with Crippen molar-refractivity contribution < 1.29 is 0 Å². The van der Waals surface area contributed by atoms with E-state index in [-0.39, 0.29) is 5.69 Å². The number of rotatable bonds is 1. The maximum Gasteiger partial charge on any atom is 0.347 e. The Hall–Kier alpha value is -0.390. The third-order valence-electron chi connectivity index (χ3n) is 1.16. The third-order valence-corrected chi connectivity index (χ3v) is 1.72. The lowest BCUT2D eigenvalue weighted by Crippen LogP contribution is -2.21. The number of hydrogen-bond donors (Lipinski definition) is 0. The van der Waals surface area contributed by atoms with E-state index in [9.17, 15) is 4.79 Å². The maximum absolute atomic E-state index is 10.9. The van der Waals surface area contributed by atoms with Crippen molar-refractivity contribution in [3.8, 4) is 0 Å². The van der Waals surface area contributed by atoms with Gasteiger partial charge in [-0.2, -0.15) is 0 Å². The lowest BCUT2D eigenvalue weighted by molar-refractivity contribution is 0.695. The molecule has 1 rings (SSSR count). The first-order valence-electron chi connectivity index (χ1n) is 2.96. The summed E-state index contributed by atoms with van der Waals surface area (Å²) < 4.78 is 2.56. The van der Waals surface area contributed by atoms with Gasteiger partial charge >= 0.3 is 5.69 Å². The average molecular weight is 250 g/mol. The standard InChI is InChI=1S/C6H7IN2O/c1-2-9-4-5(7)3-8-6(9)10/h3-4H,2H2,1H3. The molecule has 0 aliphatic carbocycles. The number of aromatic nitrogens is 2. The van der Waals surface area contributed by atoms with E-state index in [1.165, 1.54) is 0 Å². The van der Waals surface area contributed by atoms with Gasteiger partial charge in [-0.1, -0.05) is 0 Å². The van der Waals surface area contributed by atoms with E-state index in [4.69, 9.17) is 0 Å². The summed E-state index contributed by atoms with van der Waals surface area (Å²) in [4.78, 5) is 14.5. The summed E-state index contributed by atoms with van der Waals surface area (Å²) in [6, 6.07) is 0. The molecular weight excluding hydrogens is 243 g/mol. The quantitative estimate of drug-likeness (QED) is 0.693. The minimum Gasteiger partial charge on any atom is -0.298 e. The van der Waals surface area contributed by atoms with Crippen LogP contribution >= 0.6 is 22.6 Å². The van der Waals surface area contributed by atoms with Gasteiger partial charge in [-0.3, -0.25) is 4.57 Å². The molecule has 3 nitrogen and oxygen atoms in total. The van der Waals surface area contributed by atoms with Crippen molar-refractivity contribution in [3.05, 3.63) is 26.4 Å². The normalized spacial score (nSPS) is 9.80. The van der Waals surface area contributed by atoms with Gasteiger partial charge in [0.15, 0.2) is 0 Å². The van der Waals surface area contributed by atoms with E-state index in [2.05, 4.69) is 27.6 Å². The van der Waals surface area contributed by atoms with E-state index in [0.717, 1.165) is 3.57 Å². The lowest BCUT2D eigenvalue weighted by atomic mass is 10.6. The Morgan fingerprint density at radius 2 is 2.50 bits per heavy atom. The van der Waals surface area contributed by atoms with Crippen LogP contribution in [0.25, 0.3) is 0 Å². The Balaban J connectivity index is 3.22. The van der Waals surface area contributed by atoms with Gasteiger partial charge in [0, 0.05) is 22.5 Å². The zero-order valence-corrected chi connectivity index (χ0v) is 7.70. The van der Waals surface area contributed by atoms with Crippen molar-refractivity contribution in [1.82, 2.24) is 9.55 Å². The summed E-state index contributed by atoms with van der Waals surface area (Å²) in [6.07, 6.45) is 3.35. The minimum atomic E-state index is -0.178. The smallest absolute Gasteiger partial charge is 0.298 e. The number of halogens is 1. The van der Waals surface area contributed by atoms with Gasteiger partial charge in [0.05, 0.1) is 0 Å². The molecule has 0 bridgehead atoms. The summed E-state index contributed by atoms with van der Waals surface area (Å²) in [6.45, 7) is 2.60. The summed E-state index contributed by atoms with van der Waals surface area (Å²) in [7, 11) is 0. The van der Waals surface area contributed by atoms with Crippen molar-refractivity contribution in [2.75, 3.05) is 0 Å². The molecule has 0 aliphatic heterocycles. The van der Waals surface area contributed by atoms with E-state index in [1.54, 1.807) is 17.0 Å². The van der Waals surface area contributed by atoms with E-state index in [0.29, 0.717) is 6.54 Å². The van der Waals surface area contributed by atoms with Gasteiger partial charge in [0.2, 0.25) is 0 Å².